The zero-order valence-corrected chi connectivity index (χ0v) is 9.81. The third kappa shape index (κ3) is 3.63. The maximum Gasteiger partial charge on any atom is -0.0216 e. The van der Waals surface area contributed by atoms with Crippen LogP contribution in [0, 0.1) is 13.8 Å². The lowest BCUT2D eigenvalue weighted by Crippen LogP contribution is -1.91. The lowest BCUT2D eigenvalue weighted by atomic mass is 9.97. The second-order valence-corrected chi connectivity index (χ2v) is 3.51. The molecule has 0 saturated carbocycles. The van der Waals surface area contributed by atoms with Gasteiger partial charge in [0.1, 0.15) is 0 Å². The van der Waals surface area contributed by atoms with Crippen LogP contribution in [-0.4, -0.2) is 0 Å². The number of aryl methyl sites for hydroxylation is 2. The summed E-state index contributed by atoms with van der Waals surface area (Å²) >= 11 is 0. The third-order valence-electron chi connectivity index (χ3n) is 2.05. The molecule has 0 bridgehead atoms. The maximum atomic E-state index is 2.25. The third-order valence-corrected chi connectivity index (χ3v) is 2.05. The molecule has 74 valence electrons. The molecule has 0 aromatic heterocycles. The molecule has 0 N–H and O–H groups in total. The highest BCUT2D eigenvalue weighted by molar-refractivity contribution is 5.32. The molecule has 0 amide bonds. The molecule has 1 rings (SSSR count). The van der Waals surface area contributed by atoms with Gasteiger partial charge in [-0.2, -0.15) is 0 Å². The first-order valence-electron chi connectivity index (χ1n) is 5.18. The molecule has 1 aromatic carbocycles. The molecule has 0 radical (unpaired) electrons. The summed E-state index contributed by atoms with van der Waals surface area (Å²) in [6.45, 7) is 12.8. The monoisotopic (exact) mass is 178 g/mol. The van der Waals surface area contributed by atoms with E-state index in [1.54, 1.807) is 0 Å². The zero-order chi connectivity index (χ0) is 10.4. The Morgan fingerprint density at radius 2 is 1.54 bits per heavy atom. The van der Waals surface area contributed by atoms with Crippen molar-refractivity contribution in [1.82, 2.24) is 0 Å². The average Bonchev–Trinajstić information content (AvgIpc) is 2.07. The first kappa shape index (κ1) is 12.2. The Balaban J connectivity index is 0.000000671. The Morgan fingerprint density at radius 1 is 1.00 bits per heavy atom. The van der Waals surface area contributed by atoms with E-state index in [0.717, 1.165) is 0 Å². The van der Waals surface area contributed by atoms with E-state index >= 15 is 0 Å². The molecule has 0 unspecified atom stereocenters. The fraction of sp³-hybridized carbons (Fsp3) is 0.538. The van der Waals surface area contributed by atoms with Gasteiger partial charge in [0.15, 0.2) is 0 Å². The SMILES string of the molecule is CC.Cc1ccc(C(C)C)c(C)c1. The number of benzene rings is 1. The van der Waals surface area contributed by atoms with Crippen molar-refractivity contribution in [2.45, 2.75) is 47.5 Å². The molecule has 13 heavy (non-hydrogen) atoms. The summed E-state index contributed by atoms with van der Waals surface area (Å²) in [7, 11) is 0. The van der Waals surface area contributed by atoms with Crippen molar-refractivity contribution in [3.63, 3.8) is 0 Å². The molecular weight excluding hydrogens is 156 g/mol. The van der Waals surface area contributed by atoms with Crippen LogP contribution in [0.1, 0.15) is 50.3 Å². The summed E-state index contributed by atoms with van der Waals surface area (Å²) < 4.78 is 0. The molecule has 0 heterocycles. The van der Waals surface area contributed by atoms with Crippen LogP contribution in [0.25, 0.3) is 0 Å². The molecule has 0 fully saturated rings. The standard InChI is InChI=1S/C11H16.C2H6/c1-8(2)11-6-5-9(3)7-10(11)4;1-2/h5-8H,1-4H3;1-2H3. The highest BCUT2D eigenvalue weighted by atomic mass is 14.1. The van der Waals surface area contributed by atoms with E-state index in [4.69, 9.17) is 0 Å². The van der Waals surface area contributed by atoms with Crippen LogP contribution in [0.5, 0.6) is 0 Å². The van der Waals surface area contributed by atoms with Gasteiger partial charge in [-0.05, 0) is 30.9 Å². The van der Waals surface area contributed by atoms with E-state index < -0.39 is 0 Å². The van der Waals surface area contributed by atoms with Gasteiger partial charge in [-0.3, -0.25) is 0 Å². The van der Waals surface area contributed by atoms with E-state index in [1.807, 2.05) is 13.8 Å². The molecule has 1 aromatic rings. The number of hydrogen-bond donors (Lipinski definition) is 0. The molecule has 0 aliphatic carbocycles. The predicted octanol–water partition coefficient (Wildman–Crippen LogP) is 4.45. The van der Waals surface area contributed by atoms with Crippen LogP contribution in [0.4, 0.5) is 0 Å². The van der Waals surface area contributed by atoms with Gasteiger partial charge >= 0.3 is 0 Å². The van der Waals surface area contributed by atoms with E-state index in [0.29, 0.717) is 5.92 Å². The molecule has 0 heteroatoms. The lowest BCUT2D eigenvalue weighted by molar-refractivity contribution is 0.855. The molecule has 0 aliphatic heterocycles. The minimum atomic E-state index is 0.649. The quantitative estimate of drug-likeness (QED) is 0.596. The molecule has 0 atom stereocenters. The first-order chi connectivity index (χ1) is 6.11. The van der Waals surface area contributed by atoms with Crippen molar-refractivity contribution in [3.05, 3.63) is 34.9 Å². The van der Waals surface area contributed by atoms with E-state index in [-0.39, 0.29) is 0 Å². The minimum Gasteiger partial charge on any atom is -0.0683 e. The van der Waals surface area contributed by atoms with Gasteiger partial charge in [0.25, 0.3) is 0 Å². The summed E-state index contributed by atoms with van der Waals surface area (Å²) in [5.41, 5.74) is 4.24. The van der Waals surface area contributed by atoms with Gasteiger partial charge in [-0.15, -0.1) is 0 Å². The van der Waals surface area contributed by atoms with Gasteiger partial charge in [0, 0.05) is 0 Å². The summed E-state index contributed by atoms with van der Waals surface area (Å²) in [5.74, 6) is 0.649. The largest absolute Gasteiger partial charge is 0.0683 e. The fourth-order valence-corrected chi connectivity index (χ4v) is 1.47. The highest BCUT2D eigenvalue weighted by Crippen LogP contribution is 2.19. The number of hydrogen-bond acceptors (Lipinski definition) is 0. The maximum absolute atomic E-state index is 2.25. The minimum absolute atomic E-state index is 0.649. The van der Waals surface area contributed by atoms with Crippen LogP contribution in [-0.2, 0) is 0 Å². The summed E-state index contributed by atoms with van der Waals surface area (Å²) in [6, 6.07) is 6.66. The fourth-order valence-electron chi connectivity index (χ4n) is 1.47. The van der Waals surface area contributed by atoms with Gasteiger partial charge < -0.3 is 0 Å². The van der Waals surface area contributed by atoms with Crippen LogP contribution in [0.15, 0.2) is 18.2 Å². The summed E-state index contributed by atoms with van der Waals surface area (Å²) in [5, 5.41) is 0. The zero-order valence-electron chi connectivity index (χ0n) is 9.81. The Bertz CT molecular complexity index is 246. The average molecular weight is 178 g/mol. The first-order valence-corrected chi connectivity index (χ1v) is 5.18. The Hall–Kier alpha value is -0.780. The van der Waals surface area contributed by atoms with Gasteiger partial charge in [-0.25, -0.2) is 0 Å². The molecule has 0 nitrogen and oxygen atoms in total. The summed E-state index contributed by atoms with van der Waals surface area (Å²) in [6.07, 6.45) is 0. The van der Waals surface area contributed by atoms with E-state index in [9.17, 15) is 0 Å². The van der Waals surface area contributed by atoms with Crippen LogP contribution < -0.4 is 0 Å². The van der Waals surface area contributed by atoms with E-state index in [1.165, 1.54) is 16.7 Å². The highest BCUT2D eigenvalue weighted by Gasteiger charge is 2.01. The number of rotatable bonds is 1. The second kappa shape index (κ2) is 5.80. The topological polar surface area (TPSA) is 0 Å². The van der Waals surface area contributed by atoms with Gasteiger partial charge in [0.05, 0.1) is 0 Å². The van der Waals surface area contributed by atoms with Crippen LogP contribution in [0.2, 0.25) is 0 Å². The lowest BCUT2D eigenvalue weighted by Gasteiger charge is -2.09. The molecule has 0 saturated heterocycles. The molecule has 0 aliphatic rings. The Labute approximate surface area is 83.0 Å². The van der Waals surface area contributed by atoms with Crippen molar-refractivity contribution in [2.75, 3.05) is 0 Å². The van der Waals surface area contributed by atoms with Gasteiger partial charge in [-0.1, -0.05) is 51.5 Å². The normalized spacial score (nSPS) is 9.46. The Kier molecular flexibility index (Phi) is 5.45. The Morgan fingerprint density at radius 3 is 1.92 bits per heavy atom. The van der Waals surface area contributed by atoms with Crippen LogP contribution in [0.3, 0.4) is 0 Å². The van der Waals surface area contributed by atoms with Crippen molar-refractivity contribution >= 4 is 0 Å². The van der Waals surface area contributed by atoms with Crippen molar-refractivity contribution < 1.29 is 0 Å². The molecular formula is C13H22. The smallest absolute Gasteiger partial charge is 0.0216 e. The predicted molar refractivity (Wildman–Crippen MR) is 61.4 cm³/mol. The van der Waals surface area contributed by atoms with Crippen molar-refractivity contribution in [3.8, 4) is 0 Å². The summed E-state index contributed by atoms with van der Waals surface area (Å²) in [4.78, 5) is 0. The van der Waals surface area contributed by atoms with Crippen LogP contribution >= 0.6 is 0 Å². The van der Waals surface area contributed by atoms with Crippen molar-refractivity contribution in [2.24, 2.45) is 0 Å². The van der Waals surface area contributed by atoms with Gasteiger partial charge in [0.2, 0.25) is 0 Å². The molecule has 0 spiro atoms. The van der Waals surface area contributed by atoms with E-state index in [2.05, 4.69) is 45.9 Å². The van der Waals surface area contributed by atoms with Crippen molar-refractivity contribution in [1.29, 1.82) is 0 Å². The second-order valence-electron chi connectivity index (χ2n) is 3.51.